The van der Waals surface area contributed by atoms with Crippen LogP contribution in [-0.4, -0.2) is 24.8 Å². The van der Waals surface area contributed by atoms with Gasteiger partial charge in [-0.1, -0.05) is 18.7 Å². The van der Waals surface area contributed by atoms with Crippen molar-refractivity contribution >= 4 is 5.97 Å². The highest BCUT2D eigenvalue weighted by Gasteiger charge is 2.10. The fourth-order valence-electron chi connectivity index (χ4n) is 1.52. The molecule has 0 fully saturated rings. The van der Waals surface area contributed by atoms with E-state index < -0.39 is 6.10 Å². The number of carbonyl (C=O) groups excluding carboxylic acids is 1. The Morgan fingerprint density at radius 1 is 1.37 bits per heavy atom. The number of hydrogen-bond donors (Lipinski definition) is 1. The molecule has 0 spiro atoms. The van der Waals surface area contributed by atoms with Gasteiger partial charge >= 0.3 is 5.97 Å². The quantitative estimate of drug-likeness (QED) is 0.607. The van der Waals surface area contributed by atoms with Crippen molar-refractivity contribution in [3.63, 3.8) is 0 Å². The first-order chi connectivity index (χ1) is 9.02. The molecular weight excluding hydrogens is 244 g/mol. The highest BCUT2D eigenvalue weighted by molar-refractivity contribution is 5.69. The minimum Gasteiger partial charge on any atom is -0.489 e. The van der Waals surface area contributed by atoms with Crippen LogP contribution in [0.3, 0.4) is 0 Å². The maximum absolute atomic E-state index is 11.0. The minimum atomic E-state index is -0.672. The first-order valence-electron chi connectivity index (χ1n) is 6.15. The molecule has 19 heavy (non-hydrogen) atoms. The summed E-state index contributed by atoms with van der Waals surface area (Å²) < 4.78 is 9.99. The van der Waals surface area contributed by atoms with Gasteiger partial charge in [0.05, 0.1) is 13.2 Å². The highest BCUT2D eigenvalue weighted by Crippen LogP contribution is 2.21. The van der Waals surface area contributed by atoms with Crippen LogP contribution in [-0.2, 0) is 9.53 Å². The number of benzene rings is 1. The van der Waals surface area contributed by atoms with Crippen LogP contribution in [0.5, 0.6) is 5.75 Å². The summed E-state index contributed by atoms with van der Waals surface area (Å²) in [4.78, 5) is 11.0. The SMILES string of the molecule is C=C(C)COc1ccc(C(O)CCC(=O)OC)cc1. The Kier molecular flexibility index (Phi) is 6.09. The fourth-order valence-corrected chi connectivity index (χ4v) is 1.52. The van der Waals surface area contributed by atoms with Gasteiger partial charge in [0.15, 0.2) is 0 Å². The average molecular weight is 264 g/mol. The van der Waals surface area contributed by atoms with Crippen molar-refractivity contribution in [3.05, 3.63) is 42.0 Å². The van der Waals surface area contributed by atoms with E-state index in [4.69, 9.17) is 4.74 Å². The molecule has 0 aliphatic carbocycles. The predicted octanol–water partition coefficient (Wildman–Crippen LogP) is 2.63. The number of carbonyl (C=O) groups is 1. The van der Waals surface area contributed by atoms with E-state index in [2.05, 4.69) is 11.3 Å². The zero-order chi connectivity index (χ0) is 14.3. The van der Waals surface area contributed by atoms with Crippen LogP contribution in [0.15, 0.2) is 36.4 Å². The van der Waals surface area contributed by atoms with Gasteiger partial charge in [0.2, 0.25) is 0 Å². The smallest absolute Gasteiger partial charge is 0.305 e. The predicted molar refractivity (Wildman–Crippen MR) is 73.0 cm³/mol. The first-order valence-corrected chi connectivity index (χ1v) is 6.15. The Balaban J connectivity index is 2.50. The third-order valence-corrected chi connectivity index (χ3v) is 2.60. The van der Waals surface area contributed by atoms with Crippen molar-refractivity contribution in [2.75, 3.05) is 13.7 Å². The van der Waals surface area contributed by atoms with Crippen LogP contribution in [0.2, 0.25) is 0 Å². The molecule has 0 amide bonds. The van der Waals surface area contributed by atoms with Crippen LogP contribution in [0.1, 0.15) is 31.4 Å². The van der Waals surface area contributed by atoms with Crippen molar-refractivity contribution in [2.45, 2.75) is 25.9 Å². The number of methoxy groups -OCH3 is 1. The zero-order valence-corrected chi connectivity index (χ0v) is 11.4. The van der Waals surface area contributed by atoms with Crippen LogP contribution >= 0.6 is 0 Å². The van der Waals surface area contributed by atoms with Crippen molar-refractivity contribution in [1.29, 1.82) is 0 Å². The Bertz CT molecular complexity index is 422. The molecule has 0 radical (unpaired) electrons. The Morgan fingerprint density at radius 3 is 2.53 bits per heavy atom. The zero-order valence-electron chi connectivity index (χ0n) is 11.4. The largest absolute Gasteiger partial charge is 0.489 e. The summed E-state index contributed by atoms with van der Waals surface area (Å²) in [5.74, 6) is 0.410. The topological polar surface area (TPSA) is 55.8 Å². The number of esters is 1. The molecule has 1 rings (SSSR count). The standard InChI is InChI=1S/C15H20O4/c1-11(2)10-19-13-6-4-12(5-7-13)14(16)8-9-15(17)18-3/h4-7,14,16H,1,8-10H2,2-3H3. The lowest BCUT2D eigenvalue weighted by molar-refractivity contribution is -0.141. The first kappa shape index (κ1) is 15.2. The van der Waals surface area contributed by atoms with Crippen molar-refractivity contribution < 1.29 is 19.4 Å². The molecule has 1 N–H and O–H groups in total. The molecule has 4 nitrogen and oxygen atoms in total. The molecule has 4 heteroatoms. The molecule has 0 aliphatic rings. The Morgan fingerprint density at radius 2 is 2.00 bits per heavy atom. The second kappa shape index (κ2) is 7.59. The molecule has 1 aromatic rings. The van der Waals surface area contributed by atoms with Crippen LogP contribution in [0.4, 0.5) is 0 Å². The Labute approximate surface area is 113 Å². The van der Waals surface area contributed by atoms with E-state index in [0.29, 0.717) is 13.0 Å². The van der Waals surface area contributed by atoms with Gasteiger partial charge in [0.1, 0.15) is 12.4 Å². The van der Waals surface area contributed by atoms with Gasteiger partial charge in [-0.15, -0.1) is 0 Å². The van der Waals surface area contributed by atoms with E-state index in [1.165, 1.54) is 7.11 Å². The molecule has 104 valence electrons. The van der Waals surface area contributed by atoms with Gasteiger partial charge in [-0.3, -0.25) is 4.79 Å². The highest BCUT2D eigenvalue weighted by atomic mass is 16.5. The van der Waals surface area contributed by atoms with Crippen LogP contribution in [0, 0.1) is 0 Å². The van der Waals surface area contributed by atoms with Crippen molar-refractivity contribution in [1.82, 2.24) is 0 Å². The van der Waals surface area contributed by atoms with Gasteiger partial charge in [-0.25, -0.2) is 0 Å². The van der Waals surface area contributed by atoms with E-state index in [1.54, 1.807) is 24.3 Å². The molecule has 0 aromatic heterocycles. The second-order valence-corrected chi connectivity index (χ2v) is 4.45. The van der Waals surface area contributed by atoms with Crippen molar-refractivity contribution in [2.24, 2.45) is 0 Å². The Hall–Kier alpha value is -1.81. The summed E-state index contributed by atoms with van der Waals surface area (Å²) in [6.07, 6.45) is -0.126. The van der Waals surface area contributed by atoms with E-state index >= 15 is 0 Å². The number of ether oxygens (including phenoxy) is 2. The normalized spacial score (nSPS) is 11.7. The summed E-state index contributed by atoms with van der Waals surface area (Å²) in [7, 11) is 1.34. The molecule has 0 aliphatic heterocycles. The maximum atomic E-state index is 11.0. The van der Waals surface area contributed by atoms with E-state index in [0.717, 1.165) is 16.9 Å². The van der Waals surface area contributed by atoms with Crippen LogP contribution < -0.4 is 4.74 Å². The van der Waals surface area contributed by atoms with Gasteiger partial charge in [-0.05, 0) is 36.6 Å². The second-order valence-electron chi connectivity index (χ2n) is 4.45. The van der Waals surface area contributed by atoms with E-state index in [-0.39, 0.29) is 12.4 Å². The summed E-state index contributed by atoms with van der Waals surface area (Å²) in [6, 6.07) is 7.16. The lowest BCUT2D eigenvalue weighted by atomic mass is 10.0. The third kappa shape index (κ3) is 5.57. The van der Waals surface area contributed by atoms with Gasteiger partial charge < -0.3 is 14.6 Å². The third-order valence-electron chi connectivity index (χ3n) is 2.60. The summed E-state index contributed by atoms with van der Waals surface area (Å²) in [6.45, 7) is 6.13. The van der Waals surface area contributed by atoms with Gasteiger partial charge in [0.25, 0.3) is 0 Å². The molecule has 0 saturated carbocycles. The molecule has 1 unspecified atom stereocenters. The molecule has 1 atom stereocenters. The summed E-state index contributed by atoms with van der Waals surface area (Å²) >= 11 is 0. The fraction of sp³-hybridized carbons (Fsp3) is 0.400. The monoisotopic (exact) mass is 264 g/mol. The lowest BCUT2D eigenvalue weighted by Gasteiger charge is -2.11. The molecule has 0 saturated heterocycles. The molecule has 1 aromatic carbocycles. The number of hydrogen-bond acceptors (Lipinski definition) is 4. The summed E-state index contributed by atoms with van der Waals surface area (Å²) in [5, 5.41) is 9.91. The van der Waals surface area contributed by atoms with Crippen molar-refractivity contribution in [3.8, 4) is 5.75 Å². The average Bonchev–Trinajstić information content (AvgIpc) is 2.42. The number of aliphatic hydroxyl groups excluding tert-OH is 1. The number of rotatable bonds is 7. The number of aliphatic hydroxyl groups is 1. The lowest BCUT2D eigenvalue weighted by Crippen LogP contribution is -2.05. The van der Waals surface area contributed by atoms with Crippen LogP contribution in [0.25, 0.3) is 0 Å². The molecular formula is C15H20O4. The summed E-state index contributed by atoms with van der Waals surface area (Å²) in [5.41, 5.74) is 1.70. The maximum Gasteiger partial charge on any atom is 0.305 e. The van der Waals surface area contributed by atoms with Gasteiger partial charge in [-0.2, -0.15) is 0 Å². The molecule has 0 bridgehead atoms. The van der Waals surface area contributed by atoms with E-state index in [9.17, 15) is 9.90 Å². The van der Waals surface area contributed by atoms with E-state index in [1.807, 2.05) is 6.92 Å². The molecule has 0 heterocycles. The minimum absolute atomic E-state index is 0.200. The van der Waals surface area contributed by atoms with Gasteiger partial charge in [0, 0.05) is 6.42 Å².